The number of carbonyl (C=O) groups is 2. The monoisotopic (exact) mass is 400 g/mol. The Morgan fingerprint density at radius 2 is 2.10 bits per heavy atom. The fourth-order valence-electron chi connectivity index (χ4n) is 3.71. The number of ether oxygens (including phenoxy) is 1. The van der Waals surface area contributed by atoms with E-state index in [1.807, 2.05) is 18.2 Å². The molecule has 0 radical (unpaired) electrons. The number of nitrogens with one attached hydrogen (secondary N) is 1. The van der Waals surface area contributed by atoms with Gasteiger partial charge in [0.15, 0.2) is 6.10 Å². The number of nitrogens with zero attached hydrogens (tertiary/aromatic N) is 3. The van der Waals surface area contributed by atoms with Crippen LogP contribution in [0.2, 0.25) is 0 Å². The summed E-state index contributed by atoms with van der Waals surface area (Å²) < 4.78 is 6.45. The van der Waals surface area contributed by atoms with Gasteiger partial charge in [-0.05, 0) is 51.2 Å². The topological polar surface area (TPSA) is 116 Å². The molecule has 0 saturated heterocycles. The van der Waals surface area contributed by atoms with Crippen LogP contribution in [0.4, 0.5) is 5.69 Å². The molecule has 9 nitrogen and oxygen atoms in total. The molecule has 1 aliphatic rings. The van der Waals surface area contributed by atoms with Crippen molar-refractivity contribution in [1.82, 2.24) is 15.1 Å². The van der Waals surface area contributed by atoms with Crippen molar-refractivity contribution in [2.45, 2.75) is 58.7 Å². The van der Waals surface area contributed by atoms with Crippen molar-refractivity contribution in [2.75, 3.05) is 0 Å². The minimum atomic E-state index is -0.983. The predicted octanol–water partition coefficient (Wildman–Crippen LogP) is 2.53. The molecule has 0 bridgehead atoms. The molecule has 3 rings (SSSR count). The van der Waals surface area contributed by atoms with E-state index in [2.05, 4.69) is 16.5 Å². The van der Waals surface area contributed by atoms with Gasteiger partial charge in [0.25, 0.3) is 5.91 Å². The Morgan fingerprint density at radius 3 is 2.79 bits per heavy atom. The second-order valence-electron chi connectivity index (χ2n) is 7.22. The summed E-state index contributed by atoms with van der Waals surface area (Å²) >= 11 is 0. The van der Waals surface area contributed by atoms with Gasteiger partial charge in [0.2, 0.25) is 0 Å². The van der Waals surface area contributed by atoms with Gasteiger partial charge < -0.3 is 10.1 Å². The van der Waals surface area contributed by atoms with Crippen molar-refractivity contribution < 1.29 is 19.2 Å². The molecule has 0 fully saturated rings. The Hall–Kier alpha value is -3.23. The molecular weight excluding hydrogens is 376 g/mol. The summed E-state index contributed by atoms with van der Waals surface area (Å²) in [7, 11) is 0. The normalized spacial score (nSPS) is 16.6. The zero-order valence-electron chi connectivity index (χ0n) is 16.7. The summed E-state index contributed by atoms with van der Waals surface area (Å²) in [5, 5.41) is 18.0. The molecule has 9 heteroatoms. The third-order valence-electron chi connectivity index (χ3n) is 5.17. The van der Waals surface area contributed by atoms with E-state index in [-0.39, 0.29) is 35.6 Å². The molecule has 2 atom stereocenters. The van der Waals surface area contributed by atoms with Crippen LogP contribution in [0.3, 0.4) is 0 Å². The molecule has 154 valence electrons. The molecule has 0 spiro atoms. The zero-order chi connectivity index (χ0) is 21.1. The van der Waals surface area contributed by atoms with Crippen LogP contribution in [0.1, 0.15) is 48.3 Å². The summed E-state index contributed by atoms with van der Waals surface area (Å²) in [6.45, 7) is 4.23. The van der Waals surface area contributed by atoms with Crippen LogP contribution in [-0.2, 0) is 27.3 Å². The number of hydrogen-bond acceptors (Lipinski definition) is 6. The smallest absolute Gasteiger partial charge is 0.328 e. The fraction of sp³-hybridized carbons (Fsp3) is 0.450. The van der Waals surface area contributed by atoms with Crippen molar-refractivity contribution >= 4 is 17.6 Å². The first-order valence-corrected chi connectivity index (χ1v) is 9.54. The Balaban J connectivity index is 1.60. The van der Waals surface area contributed by atoms with E-state index in [1.165, 1.54) is 31.0 Å². The van der Waals surface area contributed by atoms with Gasteiger partial charge in [0.1, 0.15) is 17.9 Å². The number of nitro groups is 1. The standard InChI is InChI=1S/C20H24N4O5/c1-12-19(24(27)28)13(2)23(22-12)11-18(25)29-14(3)20(26)21-17-10-6-8-15-7-4-5-9-16(15)17/h4-5,7,9,14,17H,6,8,10-11H2,1-3H3,(H,21,26)/t14-,17+/m1/s1. The minimum absolute atomic E-state index is 0.104. The van der Waals surface area contributed by atoms with Crippen LogP contribution in [-0.4, -0.2) is 32.7 Å². The molecule has 1 N–H and O–H groups in total. The van der Waals surface area contributed by atoms with E-state index in [4.69, 9.17) is 4.74 Å². The van der Waals surface area contributed by atoms with Crippen LogP contribution in [0.15, 0.2) is 24.3 Å². The SMILES string of the molecule is Cc1nn(CC(=O)O[C@H](C)C(=O)N[C@H]2CCCc3ccccc32)c(C)c1[N+](=O)[O-]. The quantitative estimate of drug-likeness (QED) is 0.452. The highest BCUT2D eigenvalue weighted by Crippen LogP contribution is 2.29. The van der Waals surface area contributed by atoms with Gasteiger partial charge in [-0.15, -0.1) is 0 Å². The van der Waals surface area contributed by atoms with Gasteiger partial charge in [0.05, 0.1) is 11.0 Å². The van der Waals surface area contributed by atoms with E-state index >= 15 is 0 Å². The van der Waals surface area contributed by atoms with Crippen molar-refractivity contribution in [2.24, 2.45) is 0 Å². The molecule has 1 aromatic heterocycles. The minimum Gasteiger partial charge on any atom is -0.451 e. The molecule has 1 aromatic carbocycles. The molecule has 1 amide bonds. The molecule has 2 aromatic rings. The summed E-state index contributed by atoms with van der Waals surface area (Å²) in [5.41, 5.74) is 2.68. The number of esters is 1. The third kappa shape index (κ3) is 4.44. The van der Waals surface area contributed by atoms with Crippen molar-refractivity contribution in [3.05, 3.63) is 56.9 Å². The summed E-state index contributed by atoms with van der Waals surface area (Å²) in [6, 6.07) is 7.89. The van der Waals surface area contributed by atoms with E-state index in [1.54, 1.807) is 0 Å². The number of aromatic nitrogens is 2. The number of rotatable bonds is 6. The molecule has 0 saturated carbocycles. The number of amides is 1. The highest BCUT2D eigenvalue weighted by Gasteiger charge is 2.27. The van der Waals surface area contributed by atoms with Crippen molar-refractivity contribution in [1.29, 1.82) is 0 Å². The maximum atomic E-state index is 12.5. The fourth-order valence-corrected chi connectivity index (χ4v) is 3.71. The average molecular weight is 400 g/mol. The lowest BCUT2D eigenvalue weighted by atomic mass is 9.87. The second kappa shape index (κ2) is 8.42. The first-order valence-electron chi connectivity index (χ1n) is 9.54. The zero-order valence-corrected chi connectivity index (χ0v) is 16.7. The van der Waals surface area contributed by atoms with Gasteiger partial charge in [-0.3, -0.25) is 24.4 Å². The summed E-state index contributed by atoms with van der Waals surface area (Å²) in [4.78, 5) is 35.3. The van der Waals surface area contributed by atoms with Crippen LogP contribution in [0, 0.1) is 24.0 Å². The molecule has 1 heterocycles. The van der Waals surface area contributed by atoms with Crippen LogP contribution < -0.4 is 5.32 Å². The molecule has 29 heavy (non-hydrogen) atoms. The van der Waals surface area contributed by atoms with E-state index in [9.17, 15) is 19.7 Å². The van der Waals surface area contributed by atoms with Crippen molar-refractivity contribution in [3.8, 4) is 0 Å². The lowest BCUT2D eigenvalue weighted by Crippen LogP contribution is -2.39. The lowest BCUT2D eigenvalue weighted by molar-refractivity contribution is -0.386. The molecule has 0 aliphatic heterocycles. The van der Waals surface area contributed by atoms with E-state index in [0.29, 0.717) is 0 Å². The third-order valence-corrected chi connectivity index (χ3v) is 5.17. The van der Waals surface area contributed by atoms with Gasteiger partial charge in [0, 0.05) is 0 Å². The van der Waals surface area contributed by atoms with Crippen LogP contribution in [0.5, 0.6) is 0 Å². The first-order chi connectivity index (χ1) is 13.8. The first kappa shape index (κ1) is 20.5. The number of benzene rings is 1. The Bertz CT molecular complexity index is 952. The number of hydrogen-bond donors (Lipinski definition) is 1. The van der Waals surface area contributed by atoms with Crippen molar-refractivity contribution in [3.63, 3.8) is 0 Å². The molecule has 1 aliphatic carbocycles. The Morgan fingerprint density at radius 1 is 1.38 bits per heavy atom. The lowest BCUT2D eigenvalue weighted by Gasteiger charge is -2.27. The highest BCUT2D eigenvalue weighted by atomic mass is 16.6. The number of carbonyl (C=O) groups excluding carboxylic acids is 2. The molecule has 0 unspecified atom stereocenters. The number of aryl methyl sites for hydroxylation is 2. The maximum Gasteiger partial charge on any atom is 0.328 e. The van der Waals surface area contributed by atoms with Gasteiger partial charge in [-0.25, -0.2) is 0 Å². The van der Waals surface area contributed by atoms with Gasteiger partial charge >= 0.3 is 11.7 Å². The number of fused-ring (bicyclic) bond motifs is 1. The summed E-state index contributed by atoms with van der Waals surface area (Å²) in [6.07, 6.45) is 1.82. The van der Waals surface area contributed by atoms with Gasteiger partial charge in [-0.2, -0.15) is 5.10 Å². The predicted molar refractivity (Wildman–Crippen MR) is 104 cm³/mol. The maximum absolute atomic E-state index is 12.5. The van der Waals surface area contributed by atoms with Crippen LogP contribution in [0.25, 0.3) is 0 Å². The van der Waals surface area contributed by atoms with E-state index in [0.717, 1.165) is 24.8 Å². The van der Waals surface area contributed by atoms with Gasteiger partial charge in [-0.1, -0.05) is 24.3 Å². The largest absolute Gasteiger partial charge is 0.451 e. The average Bonchev–Trinajstić information content (AvgIpc) is 2.95. The second-order valence-corrected chi connectivity index (χ2v) is 7.22. The van der Waals surface area contributed by atoms with Crippen LogP contribution >= 0.6 is 0 Å². The Labute approximate surface area is 168 Å². The van der Waals surface area contributed by atoms with E-state index < -0.39 is 17.0 Å². The highest BCUT2D eigenvalue weighted by molar-refractivity contribution is 5.83. The Kier molecular flexibility index (Phi) is 5.95. The molecular formula is C20H24N4O5. The summed E-state index contributed by atoms with van der Waals surface area (Å²) in [5.74, 6) is -1.06.